The number of nitrogens with zero attached hydrogens (tertiary/aromatic N) is 4. The standard InChI is InChI=1S/C23H21ClN4O3/c1-15-2-7-20-18(12-15)22-19(23(30)31-20)13-25-28(22)14-21(29)27-10-8-26(9-11-27)17-5-3-16(24)4-6-17/h2-7,12-13H,8-11,14H2,1H3. The number of fused-ring (bicyclic) bond motifs is 3. The van der Waals surface area contributed by atoms with Gasteiger partial charge in [-0.2, -0.15) is 5.10 Å². The normalized spacial score (nSPS) is 14.5. The summed E-state index contributed by atoms with van der Waals surface area (Å²) < 4.78 is 7.02. The molecule has 0 bridgehead atoms. The van der Waals surface area contributed by atoms with E-state index in [1.165, 1.54) is 6.20 Å². The van der Waals surface area contributed by atoms with Crippen LogP contribution in [0.15, 0.2) is 57.9 Å². The van der Waals surface area contributed by atoms with Crippen LogP contribution in [0.2, 0.25) is 5.02 Å². The largest absolute Gasteiger partial charge is 0.422 e. The van der Waals surface area contributed by atoms with E-state index in [2.05, 4.69) is 10.00 Å². The average Bonchev–Trinajstić information content (AvgIpc) is 3.19. The highest BCUT2D eigenvalue weighted by molar-refractivity contribution is 6.30. The fraction of sp³-hybridized carbons (Fsp3) is 0.261. The third kappa shape index (κ3) is 3.65. The van der Waals surface area contributed by atoms with Crippen molar-refractivity contribution in [3.63, 3.8) is 0 Å². The zero-order chi connectivity index (χ0) is 21.5. The molecular formula is C23H21ClN4O3. The minimum absolute atomic E-state index is 0.0187. The van der Waals surface area contributed by atoms with Gasteiger partial charge in [0.2, 0.25) is 5.91 Å². The minimum atomic E-state index is -0.443. The second-order valence-electron chi connectivity index (χ2n) is 7.80. The molecule has 0 radical (unpaired) electrons. The van der Waals surface area contributed by atoms with Gasteiger partial charge < -0.3 is 14.2 Å². The van der Waals surface area contributed by atoms with E-state index in [1.54, 1.807) is 10.7 Å². The maximum atomic E-state index is 13.0. The summed E-state index contributed by atoms with van der Waals surface area (Å²) in [6, 6.07) is 13.4. The number of hydrogen-bond acceptors (Lipinski definition) is 5. The Morgan fingerprint density at radius 3 is 2.55 bits per heavy atom. The molecule has 0 aliphatic carbocycles. The molecular weight excluding hydrogens is 416 g/mol. The molecule has 1 amide bonds. The Hall–Kier alpha value is -3.32. The van der Waals surface area contributed by atoms with E-state index in [1.807, 2.05) is 48.2 Å². The molecule has 0 spiro atoms. The Labute approximate surface area is 183 Å². The molecule has 5 rings (SSSR count). The van der Waals surface area contributed by atoms with Gasteiger partial charge in [-0.3, -0.25) is 9.48 Å². The quantitative estimate of drug-likeness (QED) is 0.460. The minimum Gasteiger partial charge on any atom is -0.422 e. The molecule has 1 saturated heterocycles. The number of halogens is 1. The summed E-state index contributed by atoms with van der Waals surface area (Å²) >= 11 is 5.97. The van der Waals surface area contributed by atoms with Crippen LogP contribution in [0.1, 0.15) is 5.56 Å². The molecule has 2 aromatic carbocycles. The predicted molar refractivity (Wildman–Crippen MR) is 121 cm³/mol. The highest BCUT2D eigenvalue weighted by Gasteiger charge is 2.23. The zero-order valence-electron chi connectivity index (χ0n) is 17.0. The van der Waals surface area contributed by atoms with Crippen molar-refractivity contribution in [3.05, 3.63) is 69.7 Å². The Bertz CT molecular complexity index is 1330. The van der Waals surface area contributed by atoms with E-state index in [0.717, 1.165) is 29.7 Å². The zero-order valence-corrected chi connectivity index (χ0v) is 17.8. The number of rotatable bonds is 3. The van der Waals surface area contributed by atoms with Gasteiger partial charge in [-0.05, 0) is 43.3 Å². The van der Waals surface area contributed by atoms with Crippen LogP contribution in [0.25, 0.3) is 21.9 Å². The molecule has 0 atom stereocenters. The first-order chi connectivity index (χ1) is 15.0. The lowest BCUT2D eigenvalue weighted by molar-refractivity contribution is -0.132. The summed E-state index contributed by atoms with van der Waals surface area (Å²) in [5.74, 6) is -0.0187. The van der Waals surface area contributed by atoms with Crippen LogP contribution in [-0.2, 0) is 11.3 Å². The van der Waals surface area contributed by atoms with Crippen molar-refractivity contribution in [2.75, 3.05) is 31.1 Å². The number of piperazine rings is 1. The first kappa shape index (κ1) is 19.6. The van der Waals surface area contributed by atoms with Crippen molar-refractivity contribution in [2.45, 2.75) is 13.5 Å². The number of carbonyl (C=O) groups is 1. The number of anilines is 1. The van der Waals surface area contributed by atoms with Gasteiger partial charge in [-0.25, -0.2) is 4.79 Å². The molecule has 0 N–H and O–H groups in total. The molecule has 158 valence electrons. The topological polar surface area (TPSA) is 71.6 Å². The summed E-state index contributed by atoms with van der Waals surface area (Å²) in [5, 5.41) is 6.21. The molecule has 3 heterocycles. The van der Waals surface area contributed by atoms with Crippen molar-refractivity contribution < 1.29 is 9.21 Å². The SMILES string of the molecule is Cc1ccc2oc(=O)c3cnn(CC(=O)N4CCN(c5ccc(Cl)cc5)CC4)c3c2c1. The van der Waals surface area contributed by atoms with E-state index in [4.69, 9.17) is 16.0 Å². The summed E-state index contributed by atoms with van der Waals surface area (Å²) in [5.41, 5.74) is 2.83. The second-order valence-corrected chi connectivity index (χ2v) is 8.23. The van der Waals surface area contributed by atoms with E-state index < -0.39 is 5.63 Å². The average molecular weight is 437 g/mol. The second kappa shape index (κ2) is 7.74. The van der Waals surface area contributed by atoms with Gasteiger partial charge in [0.05, 0.1) is 11.7 Å². The van der Waals surface area contributed by atoms with Gasteiger partial charge in [0, 0.05) is 42.3 Å². The highest BCUT2D eigenvalue weighted by atomic mass is 35.5. The lowest BCUT2D eigenvalue weighted by atomic mass is 10.1. The van der Waals surface area contributed by atoms with Crippen LogP contribution < -0.4 is 10.5 Å². The molecule has 1 aliphatic rings. The van der Waals surface area contributed by atoms with E-state index in [0.29, 0.717) is 34.6 Å². The van der Waals surface area contributed by atoms with Crippen LogP contribution in [0.5, 0.6) is 0 Å². The molecule has 2 aromatic heterocycles. The Morgan fingerprint density at radius 2 is 1.81 bits per heavy atom. The van der Waals surface area contributed by atoms with Gasteiger partial charge in [-0.1, -0.05) is 23.2 Å². The van der Waals surface area contributed by atoms with Crippen molar-refractivity contribution in [1.82, 2.24) is 14.7 Å². The van der Waals surface area contributed by atoms with Crippen molar-refractivity contribution >= 4 is 45.1 Å². The molecule has 0 saturated carbocycles. The van der Waals surface area contributed by atoms with Crippen LogP contribution >= 0.6 is 11.6 Å². The van der Waals surface area contributed by atoms with Gasteiger partial charge in [0.25, 0.3) is 0 Å². The fourth-order valence-electron chi connectivity index (χ4n) is 4.11. The summed E-state index contributed by atoms with van der Waals surface area (Å²) in [6.07, 6.45) is 1.48. The maximum Gasteiger partial charge on any atom is 0.347 e. The number of benzene rings is 2. The molecule has 7 nitrogen and oxygen atoms in total. The van der Waals surface area contributed by atoms with Crippen molar-refractivity contribution in [1.29, 1.82) is 0 Å². The van der Waals surface area contributed by atoms with Crippen molar-refractivity contribution in [2.24, 2.45) is 0 Å². The number of amides is 1. The highest BCUT2D eigenvalue weighted by Crippen LogP contribution is 2.24. The molecule has 31 heavy (non-hydrogen) atoms. The van der Waals surface area contributed by atoms with E-state index in [-0.39, 0.29) is 12.5 Å². The third-order valence-corrected chi connectivity index (χ3v) is 6.01. The smallest absolute Gasteiger partial charge is 0.347 e. The Kier molecular flexibility index (Phi) is 4.90. The van der Waals surface area contributed by atoms with Crippen LogP contribution in [0.4, 0.5) is 5.69 Å². The van der Waals surface area contributed by atoms with E-state index >= 15 is 0 Å². The maximum absolute atomic E-state index is 13.0. The Morgan fingerprint density at radius 1 is 1.06 bits per heavy atom. The monoisotopic (exact) mass is 436 g/mol. The summed E-state index contributed by atoms with van der Waals surface area (Å²) in [6.45, 7) is 4.81. The van der Waals surface area contributed by atoms with Crippen LogP contribution in [0.3, 0.4) is 0 Å². The molecule has 4 aromatic rings. The molecule has 1 aliphatic heterocycles. The Balaban J connectivity index is 1.36. The fourth-order valence-corrected chi connectivity index (χ4v) is 4.23. The van der Waals surface area contributed by atoms with Crippen LogP contribution in [-0.4, -0.2) is 46.8 Å². The number of hydrogen-bond donors (Lipinski definition) is 0. The molecule has 1 fully saturated rings. The lowest BCUT2D eigenvalue weighted by Gasteiger charge is -2.36. The number of carbonyl (C=O) groups excluding carboxylic acids is 1. The summed E-state index contributed by atoms with van der Waals surface area (Å²) in [7, 11) is 0. The van der Waals surface area contributed by atoms with Gasteiger partial charge in [-0.15, -0.1) is 0 Å². The number of aromatic nitrogens is 2. The van der Waals surface area contributed by atoms with Gasteiger partial charge in [0.15, 0.2) is 0 Å². The van der Waals surface area contributed by atoms with E-state index in [9.17, 15) is 9.59 Å². The lowest BCUT2D eigenvalue weighted by Crippen LogP contribution is -2.49. The first-order valence-corrected chi connectivity index (χ1v) is 10.5. The van der Waals surface area contributed by atoms with Gasteiger partial charge >= 0.3 is 5.63 Å². The van der Waals surface area contributed by atoms with Crippen LogP contribution in [0, 0.1) is 6.92 Å². The summed E-state index contributed by atoms with van der Waals surface area (Å²) in [4.78, 5) is 29.4. The predicted octanol–water partition coefficient (Wildman–Crippen LogP) is 3.45. The number of aryl methyl sites for hydroxylation is 1. The molecule has 0 unspecified atom stereocenters. The third-order valence-electron chi connectivity index (χ3n) is 5.76. The molecule has 8 heteroatoms. The first-order valence-electron chi connectivity index (χ1n) is 10.2. The van der Waals surface area contributed by atoms with Gasteiger partial charge in [0.1, 0.15) is 17.5 Å². The van der Waals surface area contributed by atoms with Crippen molar-refractivity contribution in [3.8, 4) is 0 Å².